The first kappa shape index (κ1) is 17.5. The van der Waals surface area contributed by atoms with Crippen molar-refractivity contribution < 1.29 is 18.0 Å². The van der Waals surface area contributed by atoms with Crippen LogP contribution >= 0.6 is 0 Å². The number of nitrogens with two attached hydrogens (primary N) is 1. The van der Waals surface area contributed by atoms with Crippen molar-refractivity contribution in [3.05, 3.63) is 35.4 Å². The molecule has 0 unspecified atom stereocenters. The van der Waals surface area contributed by atoms with Gasteiger partial charge in [-0.1, -0.05) is 19.9 Å². The fraction of sp³-hybridized carbons (Fsp3) is 0.533. The third-order valence-corrected chi connectivity index (χ3v) is 3.45. The van der Waals surface area contributed by atoms with Gasteiger partial charge in [-0.05, 0) is 31.0 Å². The molecule has 1 aromatic carbocycles. The first-order valence-electron chi connectivity index (χ1n) is 7.03. The van der Waals surface area contributed by atoms with Gasteiger partial charge in [-0.2, -0.15) is 13.2 Å². The van der Waals surface area contributed by atoms with Crippen molar-refractivity contribution in [3.8, 4) is 0 Å². The molecule has 0 aliphatic heterocycles. The molecule has 0 aromatic heterocycles. The van der Waals surface area contributed by atoms with Crippen LogP contribution in [0.5, 0.6) is 0 Å². The topological polar surface area (TPSA) is 46.3 Å². The number of amides is 1. The van der Waals surface area contributed by atoms with Crippen LogP contribution in [0.15, 0.2) is 24.3 Å². The van der Waals surface area contributed by atoms with Gasteiger partial charge in [-0.25, -0.2) is 0 Å². The van der Waals surface area contributed by atoms with Crippen molar-refractivity contribution in [2.24, 2.45) is 5.73 Å². The van der Waals surface area contributed by atoms with Gasteiger partial charge in [0.1, 0.15) is 0 Å². The van der Waals surface area contributed by atoms with E-state index in [1.165, 1.54) is 12.1 Å². The highest BCUT2D eigenvalue weighted by Crippen LogP contribution is 2.30. The van der Waals surface area contributed by atoms with Gasteiger partial charge >= 0.3 is 6.18 Å². The van der Waals surface area contributed by atoms with Crippen LogP contribution in [0.25, 0.3) is 0 Å². The SMILES string of the molecule is CCC(CC)N(CCN)C(=O)c1cccc(C(F)(F)F)c1. The summed E-state index contributed by atoms with van der Waals surface area (Å²) in [5.41, 5.74) is 4.75. The van der Waals surface area contributed by atoms with E-state index in [2.05, 4.69) is 0 Å². The Morgan fingerprint density at radius 2 is 1.90 bits per heavy atom. The third-order valence-electron chi connectivity index (χ3n) is 3.45. The maximum absolute atomic E-state index is 12.7. The molecule has 0 atom stereocenters. The average molecular weight is 302 g/mol. The molecule has 0 aliphatic rings. The van der Waals surface area contributed by atoms with Crippen LogP contribution < -0.4 is 5.73 Å². The van der Waals surface area contributed by atoms with E-state index in [9.17, 15) is 18.0 Å². The Morgan fingerprint density at radius 3 is 2.38 bits per heavy atom. The molecule has 21 heavy (non-hydrogen) atoms. The molecule has 0 spiro atoms. The maximum Gasteiger partial charge on any atom is 0.416 e. The Kier molecular flexibility index (Phi) is 6.20. The summed E-state index contributed by atoms with van der Waals surface area (Å²) in [7, 11) is 0. The minimum atomic E-state index is -4.45. The van der Waals surface area contributed by atoms with Crippen molar-refractivity contribution in [2.45, 2.75) is 38.9 Å². The second-order valence-corrected chi connectivity index (χ2v) is 4.84. The minimum absolute atomic E-state index is 0.0180. The molecule has 0 saturated carbocycles. The Hall–Kier alpha value is -1.56. The fourth-order valence-electron chi connectivity index (χ4n) is 2.31. The first-order chi connectivity index (χ1) is 9.85. The molecule has 2 N–H and O–H groups in total. The molecule has 0 heterocycles. The second kappa shape index (κ2) is 7.45. The van der Waals surface area contributed by atoms with Gasteiger partial charge in [0.05, 0.1) is 5.56 Å². The zero-order valence-electron chi connectivity index (χ0n) is 12.3. The van der Waals surface area contributed by atoms with Crippen LogP contribution in [0.1, 0.15) is 42.6 Å². The van der Waals surface area contributed by atoms with E-state index in [-0.39, 0.29) is 18.2 Å². The highest BCUT2D eigenvalue weighted by Gasteiger charge is 2.31. The standard InChI is InChI=1S/C15H21F3N2O/c1-3-13(4-2)20(9-8-19)14(21)11-6-5-7-12(10-11)15(16,17)18/h5-7,10,13H,3-4,8-9,19H2,1-2H3. The number of hydrogen-bond donors (Lipinski definition) is 1. The molecule has 0 radical (unpaired) electrons. The molecule has 0 aliphatic carbocycles. The van der Waals surface area contributed by atoms with E-state index >= 15 is 0 Å². The van der Waals surface area contributed by atoms with Gasteiger partial charge in [0.25, 0.3) is 5.91 Å². The number of carbonyl (C=O) groups is 1. The smallest absolute Gasteiger partial charge is 0.334 e. The Balaban J connectivity index is 3.09. The molecule has 1 amide bonds. The maximum atomic E-state index is 12.7. The molecular weight excluding hydrogens is 281 g/mol. The average Bonchev–Trinajstić information content (AvgIpc) is 2.46. The van der Waals surface area contributed by atoms with Crippen molar-refractivity contribution >= 4 is 5.91 Å². The van der Waals surface area contributed by atoms with Crippen LogP contribution in [-0.2, 0) is 6.18 Å². The van der Waals surface area contributed by atoms with E-state index in [4.69, 9.17) is 5.73 Å². The van der Waals surface area contributed by atoms with Gasteiger partial charge in [-0.3, -0.25) is 4.79 Å². The van der Waals surface area contributed by atoms with Crippen LogP contribution in [0.4, 0.5) is 13.2 Å². The summed E-state index contributed by atoms with van der Waals surface area (Å²) >= 11 is 0. The molecule has 3 nitrogen and oxygen atoms in total. The van der Waals surface area contributed by atoms with Crippen molar-refractivity contribution in [1.29, 1.82) is 0 Å². The van der Waals surface area contributed by atoms with Crippen LogP contribution in [-0.4, -0.2) is 29.9 Å². The van der Waals surface area contributed by atoms with Crippen LogP contribution in [0.3, 0.4) is 0 Å². The molecular formula is C15H21F3N2O. The molecule has 1 rings (SSSR count). The first-order valence-corrected chi connectivity index (χ1v) is 7.03. The van der Waals surface area contributed by atoms with E-state index in [1.54, 1.807) is 4.90 Å². The lowest BCUT2D eigenvalue weighted by molar-refractivity contribution is -0.137. The Labute approximate surface area is 122 Å². The van der Waals surface area contributed by atoms with Crippen molar-refractivity contribution in [2.75, 3.05) is 13.1 Å². The minimum Gasteiger partial charge on any atom is -0.334 e. The van der Waals surface area contributed by atoms with Crippen molar-refractivity contribution in [3.63, 3.8) is 0 Å². The lowest BCUT2D eigenvalue weighted by Gasteiger charge is -2.30. The number of halogens is 3. The quantitative estimate of drug-likeness (QED) is 0.876. The molecule has 0 fully saturated rings. The number of alkyl halides is 3. The van der Waals surface area contributed by atoms with E-state index in [1.807, 2.05) is 13.8 Å². The number of benzene rings is 1. The number of hydrogen-bond acceptors (Lipinski definition) is 2. The summed E-state index contributed by atoms with van der Waals surface area (Å²) in [6.07, 6.45) is -2.98. The number of rotatable bonds is 6. The molecule has 1 aromatic rings. The summed E-state index contributed by atoms with van der Waals surface area (Å²) in [5.74, 6) is -0.403. The molecule has 6 heteroatoms. The molecule has 118 valence electrons. The van der Waals surface area contributed by atoms with Gasteiger partial charge in [0.2, 0.25) is 0 Å². The monoisotopic (exact) mass is 302 g/mol. The predicted octanol–water partition coefficient (Wildman–Crippen LogP) is 3.29. The van der Waals surface area contributed by atoms with Gasteiger partial charge in [0.15, 0.2) is 0 Å². The Morgan fingerprint density at radius 1 is 1.29 bits per heavy atom. The Bertz CT molecular complexity index is 470. The fourth-order valence-corrected chi connectivity index (χ4v) is 2.31. The normalized spacial score (nSPS) is 11.8. The summed E-state index contributed by atoms with van der Waals surface area (Å²) in [6, 6.07) is 4.50. The molecule has 0 saturated heterocycles. The summed E-state index contributed by atoms with van der Waals surface area (Å²) < 4.78 is 38.2. The summed E-state index contributed by atoms with van der Waals surface area (Å²) in [4.78, 5) is 14.0. The van der Waals surface area contributed by atoms with E-state index < -0.39 is 17.6 Å². The largest absolute Gasteiger partial charge is 0.416 e. The second-order valence-electron chi connectivity index (χ2n) is 4.84. The lowest BCUT2D eigenvalue weighted by Crippen LogP contribution is -2.42. The van der Waals surface area contributed by atoms with E-state index in [0.29, 0.717) is 6.54 Å². The van der Waals surface area contributed by atoms with Gasteiger partial charge in [0, 0.05) is 24.7 Å². The zero-order chi connectivity index (χ0) is 16.0. The summed E-state index contributed by atoms with van der Waals surface area (Å²) in [6.45, 7) is 4.50. The zero-order valence-corrected chi connectivity index (χ0v) is 12.3. The summed E-state index contributed by atoms with van der Waals surface area (Å²) in [5, 5.41) is 0. The highest BCUT2D eigenvalue weighted by atomic mass is 19.4. The van der Waals surface area contributed by atoms with Crippen molar-refractivity contribution in [1.82, 2.24) is 4.90 Å². The van der Waals surface area contributed by atoms with Gasteiger partial charge < -0.3 is 10.6 Å². The lowest BCUT2D eigenvalue weighted by atomic mass is 10.1. The van der Waals surface area contributed by atoms with E-state index in [0.717, 1.165) is 25.0 Å². The number of carbonyl (C=O) groups excluding carboxylic acids is 1. The highest BCUT2D eigenvalue weighted by molar-refractivity contribution is 5.94. The molecule has 0 bridgehead atoms. The van der Waals surface area contributed by atoms with Crippen LogP contribution in [0.2, 0.25) is 0 Å². The van der Waals surface area contributed by atoms with Gasteiger partial charge in [-0.15, -0.1) is 0 Å². The van der Waals surface area contributed by atoms with Crippen LogP contribution in [0, 0.1) is 0 Å². The third kappa shape index (κ3) is 4.46. The number of nitrogens with zero attached hydrogens (tertiary/aromatic N) is 1. The predicted molar refractivity (Wildman–Crippen MR) is 75.9 cm³/mol.